The number of carbonyl (C=O) groups is 1. The molecular formula is C30H26N4OS3. The van der Waals surface area contributed by atoms with Crippen LogP contribution >= 0.6 is 35.3 Å². The van der Waals surface area contributed by atoms with Gasteiger partial charge in [0, 0.05) is 27.2 Å². The van der Waals surface area contributed by atoms with E-state index in [2.05, 4.69) is 51.3 Å². The lowest BCUT2D eigenvalue weighted by Crippen LogP contribution is -2.24. The normalized spacial score (nSPS) is 11.6. The third-order valence-electron chi connectivity index (χ3n) is 5.84. The number of aromatic nitrogens is 1. The lowest BCUT2D eigenvalue weighted by atomic mass is 10.1. The van der Waals surface area contributed by atoms with E-state index in [1.54, 1.807) is 0 Å². The standard InChI is InChI=1S/C30H26N4OS3/c1-2-27(38-25-14-8-13-24(18-25)32-29(36)31-23-11-4-3-5-12-23)28(35)34-30-33-26(19-37-30)22-16-15-20-9-6-7-10-21(20)17-22/h3-19,27H,2H2,1H3,(H2,31,32,36)(H,33,34,35). The quantitative estimate of drug-likeness (QED) is 0.132. The third kappa shape index (κ3) is 6.58. The van der Waals surface area contributed by atoms with Crippen LogP contribution in [0.3, 0.4) is 0 Å². The first-order valence-electron chi connectivity index (χ1n) is 12.2. The van der Waals surface area contributed by atoms with Gasteiger partial charge in [-0.1, -0.05) is 67.6 Å². The van der Waals surface area contributed by atoms with Gasteiger partial charge < -0.3 is 16.0 Å². The summed E-state index contributed by atoms with van der Waals surface area (Å²) in [5.74, 6) is -0.0588. The minimum Gasteiger partial charge on any atom is -0.332 e. The van der Waals surface area contributed by atoms with Crippen molar-refractivity contribution in [3.05, 3.63) is 102 Å². The summed E-state index contributed by atoms with van der Waals surface area (Å²) in [7, 11) is 0. The monoisotopic (exact) mass is 554 g/mol. The van der Waals surface area contributed by atoms with E-state index in [1.807, 2.05) is 79.0 Å². The fourth-order valence-corrected chi connectivity index (χ4v) is 5.92. The summed E-state index contributed by atoms with van der Waals surface area (Å²) >= 11 is 8.41. The van der Waals surface area contributed by atoms with Crippen LogP contribution in [0.5, 0.6) is 0 Å². The van der Waals surface area contributed by atoms with Crippen molar-refractivity contribution < 1.29 is 4.79 Å². The topological polar surface area (TPSA) is 66.0 Å². The molecule has 1 aromatic heterocycles. The van der Waals surface area contributed by atoms with E-state index in [1.165, 1.54) is 33.9 Å². The van der Waals surface area contributed by atoms with E-state index in [0.29, 0.717) is 16.7 Å². The lowest BCUT2D eigenvalue weighted by Gasteiger charge is -2.15. The Bertz CT molecular complexity index is 1570. The summed E-state index contributed by atoms with van der Waals surface area (Å²) in [4.78, 5) is 18.8. The molecule has 0 saturated heterocycles. The molecule has 0 aliphatic rings. The first-order chi connectivity index (χ1) is 18.6. The maximum absolute atomic E-state index is 13.1. The van der Waals surface area contributed by atoms with Crippen molar-refractivity contribution in [1.82, 2.24) is 4.98 Å². The number of nitrogens with zero attached hydrogens (tertiary/aromatic N) is 1. The number of carbonyl (C=O) groups excluding carboxylic acids is 1. The van der Waals surface area contributed by atoms with Gasteiger partial charge in [-0.05, 0) is 65.8 Å². The Morgan fingerprint density at radius 2 is 1.61 bits per heavy atom. The average Bonchev–Trinajstić information content (AvgIpc) is 3.40. The van der Waals surface area contributed by atoms with Gasteiger partial charge in [-0.2, -0.15) is 0 Å². The van der Waals surface area contributed by atoms with Gasteiger partial charge in [0.25, 0.3) is 0 Å². The Hall–Kier alpha value is -3.72. The molecule has 5 nitrogen and oxygen atoms in total. The second-order valence-corrected chi connectivity index (χ2v) is 11.1. The largest absolute Gasteiger partial charge is 0.332 e. The highest BCUT2D eigenvalue weighted by molar-refractivity contribution is 8.00. The fraction of sp³-hybridized carbons (Fsp3) is 0.100. The molecule has 0 aliphatic carbocycles. The van der Waals surface area contributed by atoms with Gasteiger partial charge in [0.1, 0.15) is 0 Å². The molecule has 0 radical (unpaired) electrons. The van der Waals surface area contributed by atoms with Gasteiger partial charge in [-0.3, -0.25) is 4.79 Å². The maximum Gasteiger partial charge on any atom is 0.239 e. The molecule has 5 rings (SSSR count). The first kappa shape index (κ1) is 25.9. The molecule has 0 bridgehead atoms. The summed E-state index contributed by atoms with van der Waals surface area (Å²) in [6.45, 7) is 2.01. The summed E-state index contributed by atoms with van der Waals surface area (Å²) in [5, 5.41) is 14.6. The van der Waals surface area contributed by atoms with Gasteiger partial charge in [0.2, 0.25) is 5.91 Å². The number of fused-ring (bicyclic) bond motifs is 1. The molecule has 3 N–H and O–H groups in total. The van der Waals surface area contributed by atoms with Gasteiger partial charge in [0.15, 0.2) is 10.2 Å². The Labute approximate surface area is 235 Å². The molecule has 0 fully saturated rings. The van der Waals surface area contributed by atoms with Crippen LogP contribution in [0, 0.1) is 0 Å². The third-order valence-corrected chi connectivity index (χ3v) is 8.16. The smallest absolute Gasteiger partial charge is 0.239 e. The second-order valence-electron chi connectivity index (χ2n) is 8.58. The van der Waals surface area contributed by atoms with E-state index in [4.69, 9.17) is 12.2 Å². The maximum atomic E-state index is 13.1. The molecule has 38 heavy (non-hydrogen) atoms. The molecule has 0 saturated carbocycles. The van der Waals surface area contributed by atoms with Crippen LogP contribution in [0.15, 0.2) is 107 Å². The molecule has 1 unspecified atom stereocenters. The Balaban J connectivity index is 1.21. The zero-order valence-corrected chi connectivity index (χ0v) is 23.1. The molecule has 8 heteroatoms. The lowest BCUT2D eigenvalue weighted by molar-refractivity contribution is -0.115. The van der Waals surface area contributed by atoms with Crippen LogP contribution in [-0.4, -0.2) is 21.3 Å². The van der Waals surface area contributed by atoms with Crippen molar-refractivity contribution >= 4 is 73.6 Å². The molecule has 0 spiro atoms. The average molecular weight is 555 g/mol. The molecule has 1 amide bonds. The summed E-state index contributed by atoms with van der Waals surface area (Å²) < 4.78 is 0. The number of thioether (sulfide) groups is 1. The number of hydrogen-bond donors (Lipinski definition) is 3. The number of nitrogens with one attached hydrogen (secondary N) is 3. The van der Waals surface area contributed by atoms with Crippen molar-refractivity contribution in [1.29, 1.82) is 0 Å². The SMILES string of the molecule is CCC(Sc1cccc(NC(=S)Nc2ccccc2)c1)C(=O)Nc1nc(-c2ccc3ccccc3c2)cs1. The van der Waals surface area contributed by atoms with E-state index in [0.717, 1.165) is 27.5 Å². The molecule has 1 heterocycles. The number of amides is 1. The van der Waals surface area contributed by atoms with E-state index in [-0.39, 0.29) is 11.2 Å². The molecule has 4 aromatic carbocycles. The zero-order valence-electron chi connectivity index (χ0n) is 20.7. The van der Waals surface area contributed by atoms with E-state index < -0.39 is 0 Å². The van der Waals surface area contributed by atoms with Crippen LogP contribution in [0.4, 0.5) is 16.5 Å². The number of rotatable bonds is 8. The van der Waals surface area contributed by atoms with Crippen molar-refractivity contribution in [3.8, 4) is 11.3 Å². The van der Waals surface area contributed by atoms with Crippen molar-refractivity contribution in [2.75, 3.05) is 16.0 Å². The Morgan fingerprint density at radius 1 is 0.868 bits per heavy atom. The zero-order chi connectivity index (χ0) is 26.3. The second kappa shape index (κ2) is 12.2. The van der Waals surface area contributed by atoms with E-state index >= 15 is 0 Å². The van der Waals surface area contributed by atoms with Crippen LogP contribution in [0.25, 0.3) is 22.0 Å². The van der Waals surface area contributed by atoms with Crippen LogP contribution < -0.4 is 16.0 Å². The number of thiocarbonyl (C=S) groups is 1. The van der Waals surface area contributed by atoms with Crippen molar-refractivity contribution in [3.63, 3.8) is 0 Å². The van der Waals surface area contributed by atoms with Crippen LogP contribution in [-0.2, 0) is 4.79 Å². The van der Waals surface area contributed by atoms with Crippen molar-refractivity contribution in [2.45, 2.75) is 23.5 Å². The Morgan fingerprint density at radius 3 is 2.42 bits per heavy atom. The van der Waals surface area contributed by atoms with Gasteiger partial charge >= 0.3 is 0 Å². The highest BCUT2D eigenvalue weighted by Gasteiger charge is 2.20. The fourth-order valence-electron chi connectivity index (χ4n) is 3.95. The van der Waals surface area contributed by atoms with Gasteiger partial charge in [-0.15, -0.1) is 23.1 Å². The highest BCUT2D eigenvalue weighted by atomic mass is 32.2. The number of hydrogen-bond acceptors (Lipinski definition) is 5. The number of thiazole rings is 1. The van der Waals surface area contributed by atoms with Gasteiger partial charge in [0.05, 0.1) is 10.9 Å². The summed E-state index contributed by atoms with van der Waals surface area (Å²) in [6, 6.07) is 32.2. The predicted octanol–water partition coefficient (Wildman–Crippen LogP) is 8.28. The molecular weight excluding hydrogens is 529 g/mol. The molecule has 1 atom stereocenters. The summed E-state index contributed by atoms with van der Waals surface area (Å²) in [6.07, 6.45) is 0.686. The molecule has 0 aliphatic heterocycles. The first-order valence-corrected chi connectivity index (χ1v) is 14.4. The highest BCUT2D eigenvalue weighted by Crippen LogP contribution is 2.31. The van der Waals surface area contributed by atoms with Crippen LogP contribution in [0.2, 0.25) is 0 Å². The van der Waals surface area contributed by atoms with E-state index in [9.17, 15) is 4.79 Å². The number of benzene rings is 4. The number of para-hydroxylation sites is 1. The minimum absolute atomic E-state index is 0.0588. The predicted molar refractivity (Wildman–Crippen MR) is 166 cm³/mol. The minimum atomic E-state index is -0.257. The molecule has 5 aromatic rings. The van der Waals surface area contributed by atoms with Crippen molar-refractivity contribution in [2.24, 2.45) is 0 Å². The Kier molecular flexibility index (Phi) is 8.33. The van der Waals surface area contributed by atoms with Gasteiger partial charge in [-0.25, -0.2) is 4.98 Å². The summed E-state index contributed by atoms with van der Waals surface area (Å²) in [5.41, 5.74) is 3.67. The molecule has 190 valence electrons. The van der Waals surface area contributed by atoms with Crippen LogP contribution in [0.1, 0.15) is 13.3 Å². The number of anilines is 3.